The summed E-state index contributed by atoms with van der Waals surface area (Å²) in [4.78, 5) is 11.2. The first-order chi connectivity index (χ1) is 7.59. The third-order valence-corrected chi connectivity index (χ3v) is 2.41. The van der Waals surface area contributed by atoms with Crippen molar-refractivity contribution in [1.82, 2.24) is 15.0 Å². The monoisotopic (exact) mass is 258 g/mol. The molecule has 0 saturated carbocycles. The number of non-ortho nitro benzene ring substituents is 1. The zero-order valence-corrected chi connectivity index (χ0v) is 9.18. The molecule has 1 aromatic heterocycles. The Morgan fingerprint density at radius 2 is 1.69 bits per heavy atom. The Morgan fingerprint density at radius 1 is 1.19 bits per heavy atom. The molecule has 82 valence electrons. The predicted octanol–water partition coefficient (Wildman–Crippen LogP) is 2.48. The molecular weight excluding hydrogens is 255 g/mol. The molecule has 2 aromatic rings. The van der Waals surface area contributed by atoms with Gasteiger partial charge in [-0.3, -0.25) is 10.1 Å². The van der Waals surface area contributed by atoms with Gasteiger partial charge in [-0.2, -0.15) is 10.2 Å². The van der Waals surface area contributed by atoms with Crippen molar-refractivity contribution in [1.29, 1.82) is 0 Å². The third kappa shape index (κ3) is 1.84. The molecule has 0 amide bonds. The first-order valence-electron chi connectivity index (χ1n) is 4.09. The summed E-state index contributed by atoms with van der Waals surface area (Å²) in [6, 6.07) is 2.40. The molecule has 0 aliphatic rings. The maximum absolute atomic E-state index is 10.6. The Labute approximate surface area is 99.5 Å². The molecule has 1 aromatic carbocycles. The van der Waals surface area contributed by atoms with E-state index in [1.54, 1.807) is 0 Å². The van der Waals surface area contributed by atoms with Crippen molar-refractivity contribution in [2.75, 3.05) is 0 Å². The highest BCUT2D eigenvalue weighted by atomic mass is 35.5. The summed E-state index contributed by atoms with van der Waals surface area (Å²) in [5.74, 6) is 0. The topological polar surface area (TPSA) is 73.8 Å². The first-order valence-corrected chi connectivity index (χ1v) is 4.85. The second-order valence-electron chi connectivity index (χ2n) is 2.83. The van der Waals surface area contributed by atoms with Crippen LogP contribution in [0.4, 0.5) is 5.69 Å². The second-order valence-corrected chi connectivity index (χ2v) is 3.65. The third-order valence-electron chi connectivity index (χ3n) is 1.83. The Hall–Kier alpha value is -1.66. The van der Waals surface area contributed by atoms with Crippen LogP contribution in [0.5, 0.6) is 0 Å². The molecule has 0 fully saturated rings. The van der Waals surface area contributed by atoms with Crippen LogP contribution in [0, 0.1) is 10.1 Å². The average Bonchev–Trinajstić information content (AvgIpc) is 2.69. The molecule has 1 heterocycles. The number of benzene rings is 1. The number of rotatable bonds is 2. The largest absolute Gasteiger partial charge is 0.272 e. The number of nitrogens with zero attached hydrogens (tertiary/aromatic N) is 4. The summed E-state index contributed by atoms with van der Waals surface area (Å²) in [5.41, 5.74) is 0.143. The Morgan fingerprint density at radius 3 is 2.12 bits per heavy atom. The highest BCUT2D eigenvalue weighted by molar-refractivity contribution is 6.38. The van der Waals surface area contributed by atoms with E-state index in [1.165, 1.54) is 29.3 Å². The SMILES string of the molecule is O=[N+]([O-])c1cc(Cl)c(-n2nccn2)c(Cl)c1. The molecule has 0 radical (unpaired) electrons. The van der Waals surface area contributed by atoms with Gasteiger partial charge in [-0.25, -0.2) is 0 Å². The van der Waals surface area contributed by atoms with E-state index in [-0.39, 0.29) is 15.7 Å². The van der Waals surface area contributed by atoms with Crippen molar-refractivity contribution in [3.8, 4) is 5.69 Å². The molecule has 0 bridgehead atoms. The van der Waals surface area contributed by atoms with Crippen molar-refractivity contribution < 1.29 is 4.92 Å². The van der Waals surface area contributed by atoms with E-state index in [0.29, 0.717) is 5.69 Å². The van der Waals surface area contributed by atoms with E-state index < -0.39 is 4.92 Å². The van der Waals surface area contributed by atoms with E-state index in [2.05, 4.69) is 10.2 Å². The van der Waals surface area contributed by atoms with E-state index >= 15 is 0 Å². The van der Waals surface area contributed by atoms with Gasteiger partial charge in [0.1, 0.15) is 5.69 Å². The fourth-order valence-electron chi connectivity index (χ4n) is 1.18. The van der Waals surface area contributed by atoms with Gasteiger partial charge in [-0.05, 0) is 0 Å². The van der Waals surface area contributed by atoms with Crippen LogP contribution < -0.4 is 0 Å². The zero-order valence-electron chi connectivity index (χ0n) is 7.67. The summed E-state index contributed by atoms with van der Waals surface area (Å²) in [5, 5.41) is 18.5. The van der Waals surface area contributed by atoms with Crippen molar-refractivity contribution in [2.45, 2.75) is 0 Å². The Bertz CT molecular complexity index is 518. The van der Waals surface area contributed by atoms with Crippen LogP contribution in [0.1, 0.15) is 0 Å². The minimum Gasteiger partial charge on any atom is -0.258 e. The van der Waals surface area contributed by atoms with Gasteiger partial charge in [-0.1, -0.05) is 23.2 Å². The summed E-state index contributed by atoms with van der Waals surface area (Å²) >= 11 is 11.8. The molecule has 2 rings (SSSR count). The molecule has 0 aliphatic heterocycles. The number of nitro benzene ring substituents is 1. The van der Waals surface area contributed by atoms with Gasteiger partial charge in [0.25, 0.3) is 5.69 Å². The van der Waals surface area contributed by atoms with Gasteiger partial charge < -0.3 is 0 Å². The lowest BCUT2D eigenvalue weighted by atomic mass is 10.3. The van der Waals surface area contributed by atoms with Crippen molar-refractivity contribution in [3.63, 3.8) is 0 Å². The maximum atomic E-state index is 10.6. The molecule has 0 unspecified atom stereocenters. The predicted molar refractivity (Wildman–Crippen MR) is 58.0 cm³/mol. The fourth-order valence-corrected chi connectivity index (χ4v) is 1.81. The second kappa shape index (κ2) is 4.07. The quantitative estimate of drug-likeness (QED) is 0.613. The first kappa shape index (κ1) is 10.8. The van der Waals surface area contributed by atoms with Gasteiger partial charge in [0.05, 0.1) is 27.4 Å². The zero-order chi connectivity index (χ0) is 11.7. The van der Waals surface area contributed by atoms with Gasteiger partial charge in [0.2, 0.25) is 0 Å². The molecule has 6 nitrogen and oxygen atoms in total. The van der Waals surface area contributed by atoms with Crippen LogP contribution in [0.2, 0.25) is 10.0 Å². The van der Waals surface area contributed by atoms with Crippen LogP contribution >= 0.6 is 23.2 Å². The Kier molecular flexibility index (Phi) is 2.76. The van der Waals surface area contributed by atoms with E-state index in [4.69, 9.17) is 23.2 Å². The van der Waals surface area contributed by atoms with E-state index in [0.717, 1.165) is 0 Å². The standard InChI is InChI=1S/C8H4Cl2N4O2/c9-6-3-5(14(15)16)4-7(10)8(6)13-11-1-2-12-13/h1-4H. The van der Waals surface area contributed by atoms with Gasteiger partial charge in [0.15, 0.2) is 0 Å². The normalized spacial score (nSPS) is 10.4. The van der Waals surface area contributed by atoms with Gasteiger partial charge in [-0.15, -0.1) is 4.80 Å². The smallest absolute Gasteiger partial charge is 0.258 e. The molecule has 0 N–H and O–H groups in total. The minimum absolute atomic E-state index is 0.121. The van der Waals surface area contributed by atoms with E-state index in [1.807, 2.05) is 0 Å². The lowest BCUT2D eigenvalue weighted by molar-refractivity contribution is -0.384. The van der Waals surface area contributed by atoms with Crippen LogP contribution in [0.15, 0.2) is 24.5 Å². The number of halogens is 2. The molecule has 16 heavy (non-hydrogen) atoms. The van der Waals surface area contributed by atoms with Crippen LogP contribution in [0.3, 0.4) is 0 Å². The lowest BCUT2D eigenvalue weighted by Crippen LogP contribution is -2.01. The Balaban J connectivity index is 2.61. The molecule has 0 aliphatic carbocycles. The van der Waals surface area contributed by atoms with Crippen LogP contribution in [-0.4, -0.2) is 19.9 Å². The minimum atomic E-state index is -0.571. The summed E-state index contributed by atoms with van der Waals surface area (Å²) < 4.78 is 0. The van der Waals surface area contributed by atoms with Crippen molar-refractivity contribution in [2.24, 2.45) is 0 Å². The molecular formula is C8H4Cl2N4O2. The molecule has 8 heteroatoms. The average molecular weight is 259 g/mol. The number of nitro groups is 1. The van der Waals surface area contributed by atoms with Crippen molar-refractivity contribution in [3.05, 3.63) is 44.7 Å². The fraction of sp³-hybridized carbons (Fsp3) is 0. The number of aromatic nitrogens is 3. The maximum Gasteiger partial charge on any atom is 0.272 e. The molecule has 0 saturated heterocycles. The van der Waals surface area contributed by atoms with Gasteiger partial charge >= 0.3 is 0 Å². The highest BCUT2D eigenvalue weighted by Gasteiger charge is 2.16. The summed E-state index contributed by atoms with van der Waals surface area (Å²) in [6.45, 7) is 0. The number of hydrogen-bond acceptors (Lipinski definition) is 4. The molecule has 0 atom stereocenters. The van der Waals surface area contributed by atoms with Crippen molar-refractivity contribution >= 4 is 28.9 Å². The van der Waals surface area contributed by atoms with Crippen LogP contribution in [-0.2, 0) is 0 Å². The summed E-state index contributed by atoms with van der Waals surface area (Å²) in [6.07, 6.45) is 2.90. The number of hydrogen-bond donors (Lipinski definition) is 0. The van der Waals surface area contributed by atoms with E-state index in [9.17, 15) is 10.1 Å². The van der Waals surface area contributed by atoms with Crippen LogP contribution in [0.25, 0.3) is 5.69 Å². The summed E-state index contributed by atoms with van der Waals surface area (Å²) in [7, 11) is 0. The molecule has 0 spiro atoms. The lowest BCUT2D eigenvalue weighted by Gasteiger charge is -2.04. The highest BCUT2D eigenvalue weighted by Crippen LogP contribution is 2.32. The van der Waals surface area contributed by atoms with Gasteiger partial charge in [0, 0.05) is 12.1 Å².